The molecule has 0 aliphatic carbocycles. The van der Waals surface area contributed by atoms with E-state index in [1.54, 1.807) is 0 Å². The number of hydrogen-bond donors (Lipinski definition) is 0. The number of benzene rings is 1. The van der Waals surface area contributed by atoms with E-state index in [0.29, 0.717) is 11.8 Å². The van der Waals surface area contributed by atoms with Gasteiger partial charge in [0, 0.05) is 0 Å². The number of ether oxygens (including phenoxy) is 1. The van der Waals surface area contributed by atoms with Gasteiger partial charge in [-0.1, -0.05) is 71.4 Å². The van der Waals surface area contributed by atoms with Gasteiger partial charge in [0.1, 0.15) is 12.4 Å². The Morgan fingerprint density at radius 2 is 1.74 bits per heavy atom. The highest BCUT2D eigenvalue weighted by molar-refractivity contribution is 5.16. The van der Waals surface area contributed by atoms with E-state index in [2.05, 4.69) is 99.7 Å². The lowest BCUT2D eigenvalue weighted by Gasteiger charge is -2.23. The fraction of sp³-hybridized carbons (Fsp3) is 0.542. The number of unbranched alkanes of at least 4 members (excludes halogenated alkanes) is 1. The van der Waals surface area contributed by atoms with E-state index in [4.69, 9.17) is 4.74 Å². The molecule has 3 heteroatoms. The van der Waals surface area contributed by atoms with Gasteiger partial charge in [-0.15, -0.1) is 0 Å². The van der Waals surface area contributed by atoms with Crippen LogP contribution in [0.3, 0.4) is 0 Å². The van der Waals surface area contributed by atoms with E-state index in [-0.39, 0.29) is 6.23 Å². The van der Waals surface area contributed by atoms with Crippen molar-refractivity contribution in [1.82, 2.24) is 4.57 Å². The average Bonchev–Trinajstić information content (AvgIpc) is 3.08. The average molecular weight is 370 g/mol. The van der Waals surface area contributed by atoms with Crippen LogP contribution >= 0.6 is 0 Å². The van der Waals surface area contributed by atoms with Gasteiger partial charge in [-0.3, -0.25) is 0 Å². The van der Waals surface area contributed by atoms with Gasteiger partial charge < -0.3 is 4.74 Å². The van der Waals surface area contributed by atoms with Gasteiger partial charge in [-0.2, -0.15) is 4.57 Å². The summed E-state index contributed by atoms with van der Waals surface area (Å²) in [6.07, 6.45) is 9.69. The fourth-order valence-electron chi connectivity index (χ4n) is 3.83. The van der Waals surface area contributed by atoms with Crippen LogP contribution in [-0.4, -0.2) is 4.57 Å². The summed E-state index contributed by atoms with van der Waals surface area (Å²) < 4.78 is 11.0. The maximum atomic E-state index is 6.57. The van der Waals surface area contributed by atoms with Gasteiger partial charge in [0.25, 0.3) is 0 Å². The Morgan fingerprint density at radius 3 is 2.33 bits per heavy atom. The molecule has 2 aromatic rings. The minimum Gasteiger partial charge on any atom is -0.456 e. The van der Waals surface area contributed by atoms with Crippen LogP contribution in [0.25, 0.3) is 0 Å². The van der Waals surface area contributed by atoms with Crippen molar-refractivity contribution in [3.05, 3.63) is 65.9 Å². The number of imidazole rings is 1. The molecule has 0 bridgehead atoms. The second kappa shape index (κ2) is 10.3. The normalized spacial score (nSPS) is 12.4. The first-order chi connectivity index (χ1) is 12.9. The van der Waals surface area contributed by atoms with Crippen molar-refractivity contribution < 1.29 is 9.30 Å². The molecule has 0 spiro atoms. The lowest BCUT2D eigenvalue weighted by atomic mass is 9.91. The van der Waals surface area contributed by atoms with Crippen molar-refractivity contribution in [3.63, 3.8) is 0 Å². The highest BCUT2D eigenvalue weighted by Gasteiger charge is 2.22. The van der Waals surface area contributed by atoms with E-state index in [1.807, 2.05) is 0 Å². The van der Waals surface area contributed by atoms with Crippen molar-refractivity contribution in [1.29, 1.82) is 0 Å². The molecular weight excluding hydrogens is 332 g/mol. The lowest BCUT2D eigenvalue weighted by Crippen LogP contribution is -2.31. The smallest absolute Gasteiger partial charge is 0.246 e. The molecule has 1 heterocycles. The molecule has 2 rings (SSSR count). The Labute approximate surface area is 165 Å². The van der Waals surface area contributed by atoms with Crippen LogP contribution in [0.5, 0.6) is 0 Å². The van der Waals surface area contributed by atoms with Gasteiger partial charge >= 0.3 is 0 Å². The van der Waals surface area contributed by atoms with Crippen LogP contribution in [0.2, 0.25) is 0 Å². The minimum atomic E-state index is -0.0391. The van der Waals surface area contributed by atoms with Crippen LogP contribution in [0.1, 0.15) is 66.2 Å². The summed E-state index contributed by atoms with van der Waals surface area (Å²) >= 11 is 0. The molecule has 148 valence electrons. The number of nitrogens with zero attached hydrogens (tertiary/aromatic N) is 2. The van der Waals surface area contributed by atoms with Crippen LogP contribution in [-0.2, 0) is 17.7 Å². The first kappa shape index (κ1) is 21.3. The second-order valence-electron chi connectivity index (χ2n) is 8.04. The zero-order chi connectivity index (χ0) is 19.8. The molecule has 0 radical (unpaired) electrons. The molecule has 1 aromatic heterocycles. The molecule has 1 atom stereocenters. The molecule has 1 aromatic carbocycles. The van der Waals surface area contributed by atoms with E-state index in [0.717, 1.165) is 18.7 Å². The third-order valence-corrected chi connectivity index (χ3v) is 5.03. The second-order valence-corrected chi connectivity index (χ2v) is 8.04. The quantitative estimate of drug-likeness (QED) is 0.375. The van der Waals surface area contributed by atoms with Crippen molar-refractivity contribution in [2.75, 3.05) is 0 Å². The van der Waals surface area contributed by atoms with Crippen molar-refractivity contribution in [2.45, 2.75) is 73.6 Å². The predicted octanol–water partition coefficient (Wildman–Crippen LogP) is 5.92. The number of rotatable bonds is 10. The van der Waals surface area contributed by atoms with Crippen LogP contribution < -0.4 is 4.57 Å². The van der Waals surface area contributed by atoms with E-state index in [1.165, 1.54) is 24.0 Å². The molecule has 0 saturated heterocycles. The van der Waals surface area contributed by atoms with Crippen molar-refractivity contribution >= 4 is 0 Å². The van der Waals surface area contributed by atoms with Crippen LogP contribution in [0.15, 0.2) is 60.4 Å². The minimum absolute atomic E-state index is 0.0391. The van der Waals surface area contributed by atoms with Crippen LogP contribution in [0, 0.1) is 11.8 Å². The van der Waals surface area contributed by atoms with Gasteiger partial charge in [0.2, 0.25) is 12.6 Å². The van der Waals surface area contributed by atoms with Gasteiger partial charge in [-0.25, -0.2) is 4.57 Å². The Balaban J connectivity index is 2.29. The maximum Gasteiger partial charge on any atom is 0.246 e. The molecule has 27 heavy (non-hydrogen) atoms. The standard InChI is InChI=1S/C24H37N2O/c1-7-8-14-25-15-16-26(18-25)23(17-22-12-10-9-11-13-22)27-21(6)24(19(2)3)20(4)5/h9-13,15-16,18-20,23H,7-8,14,17H2,1-6H3/q+1. The number of aryl methyl sites for hydroxylation is 1. The molecule has 1 unspecified atom stereocenters. The zero-order valence-corrected chi connectivity index (χ0v) is 18.0. The first-order valence-electron chi connectivity index (χ1n) is 10.4. The zero-order valence-electron chi connectivity index (χ0n) is 18.0. The highest BCUT2D eigenvalue weighted by Crippen LogP contribution is 2.28. The summed E-state index contributed by atoms with van der Waals surface area (Å²) in [4.78, 5) is 0. The third kappa shape index (κ3) is 6.27. The topological polar surface area (TPSA) is 18.0 Å². The summed E-state index contributed by atoms with van der Waals surface area (Å²) in [5.41, 5.74) is 2.69. The summed E-state index contributed by atoms with van der Waals surface area (Å²) in [7, 11) is 0. The van der Waals surface area contributed by atoms with E-state index in [9.17, 15) is 0 Å². The van der Waals surface area contributed by atoms with Crippen molar-refractivity contribution in [2.24, 2.45) is 11.8 Å². The Hall–Kier alpha value is -2.03. The Morgan fingerprint density at radius 1 is 1.07 bits per heavy atom. The van der Waals surface area contributed by atoms with Crippen LogP contribution in [0.4, 0.5) is 0 Å². The molecule has 0 fully saturated rings. The molecule has 0 N–H and O–H groups in total. The Bertz CT molecular complexity index is 703. The molecular formula is C24H37N2O+. The summed E-state index contributed by atoms with van der Waals surface area (Å²) in [5.74, 6) is 2.04. The third-order valence-electron chi connectivity index (χ3n) is 5.03. The lowest BCUT2D eigenvalue weighted by molar-refractivity contribution is -0.697. The first-order valence-corrected chi connectivity index (χ1v) is 10.4. The largest absolute Gasteiger partial charge is 0.456 e. The van der Waals surface area contributed by atoms with Gasteiger partial charge in [0.05, 0.1) is 18.7 Å². The maximum absolute atomic E-state index is 6.57. The SMILES string of the molecule is CCCC[n+]1ccn(C(Cc2ccccc2)OC(C)=C(C(C)C)C(C)C)c1. The highest BCUT2D eigenvalue weighted by atomic mass is 16.5. The predicted molar refractivity (Wildman–Crippen MR) is 112 cm³/mol. The van der Waals surface area contributed by atoms with Crippen molar-refractivity contribution in [3.8, 4) is 0 Å². The molecule has 0 aliphatic rings. The van der Waals surface area contributed by atoms with E-state index < -0.39 is 0 Å². The Kier molecular flexibility index (Phi) is 8.15. The summed E-state index contributed by atoms with van der Waals surface area (Å²) in [6.45, 7) is 14.4. The number of allylic oxidation sites excluding steroid dienone is 2. The number of hydrogen-bond acceptors (Lipinski definition) is 1. The molecule has 0 saturated carbocycles. The van der Waals surface area contributed by atoms with Gasteiger partial charge in [0.15, 0.2) is 0 Å². The monoisotopic (exact) mass is 369 g/mol. The fourth-order valence-corrected chi connectivity index (χ4v) is 3.83. The molecule has 0 amide bonds. The number of aromatic nitrogens is 2. The molecule has 3 nitrogen and oxygen atoms in total. The molecule has 0 aliphatic heterocycles. The summed E-state index contributed by atoms with van der Waals surface area (Å²) in [6, 6.07) is 10.6. The summed E-state index contributed by atoms with van der Waals surface area (Å²) in [5, 5.41) is 0. The van der Waals surface area contributed by atoms with Gasteiger partial charge in [-0.05, 0) is 36.3 Å². The van der Waals surface area contributed by atoms with E-state index >= 15 is 0 Å².